The molecule has 138 valence electrons. The Morgan fingerprint density at radius 1 is 1.08 bits per heavy atom. The first-order valence-corrected chi connectivity index (χ1v) is 8.92. The van der Waals surface area contributed by atoms with Crippen molar-refractivity contribution in [3.8, 4) is 0 Å². The van der Waals surface area contributed by atoms with Gasteiger partial charge < -0.3 is 14.6 Å². The van der Waals surface area contributed by atoms with Gasteiger partial charge in [-0.2, -0.15) is 0 Å². The fraction of sp³-hybridized carbons (Fsp3) is 0.400. The topological polar surface area (TPSA) is 65.8 Å². The van der Waals surface area contributed by atoms with Crippen LogP contribution in [-0.4, -0.2) is 54.3 Å². The number of amides is 2. The van der Waals surface area contributed by atoms with Crippen LogP contribution in [-0.2, 0) is 11.3 Å². The van der Waals surface area contributed by atoms with Crippen molar-refractivity contribution in [2.75, 3.05) is 32.7 Å². The molecule has 0 aliphatic carbocycles. The van der Waals surface area contributed by atoms with Gasteiger partial charge in [-0.15, -0.1) is 0 Å². The van der Waals surface area contributed by atoms with Gasteiger partial charge in [0.05, 0.1) is 12.1 Å². The second kappa shape index (κ2) is 8.19. The highest BCUT2D eigenvalue weighted by molar-refractivity contribution is 5.95. The van der Waals surface area contributed by atoms with Gasteiger partial charge in [0.25, 0.3) is 5.91 Å². The summed E-state index contributed by atoms with van der Waals surface area (Å²) >= 11 is 0. The van der Waals surface area contributed by atoms with Crippen LogP contribution in [0.4, 0.5) is 0 Å². The highest BCUT2D eigenvalue weighted by Gasteiger charge is 2.25. The minimum absolute atomic E-state index is 0.00697. The third-order valence-corrected chi connectivity index (χ3v) is 4.63. The lowest BCUT2D eigenvalue weighted by molar-refractivity contribution is -0.122. The molecule has 3 rings (SSSR count). The van der Waals surface area contributed by atoms with E-state index in [1.807, 2.05) is 49.1 Å². The summed E-state index contributed by atoms with van der Waals surface area (Å²) in [7, 11) is 0. The van der Waals surface area contributed by atoms with E-state index in [0.717, 1.165) is 11.3 Å². The van der Waals surface area contributed by atoms with Gasteiger partial charge in [-0.3, -0.25) is 14.5 Å². The Morgan fingerprint density at radius 3 is 2.38 bits per heavy atom. The summed E-state index contributed by atoms with van der Waals surface area (Å²) < 4.78 is 5.45. The monoisotopic (exact) mass is 355 g/mol. The van der Waals surface area contributed by atoms with E-state index in [1.165, 1.54) is 0 Å². The average Bonchev–Trinajstić information content (AvgIpc) is 2.99. The Balaban J connectivity index is 1.44. The smallest absolute Gasteiger partial charge is 0.257 e. The molecule has 0 spiro atoms. The first-order chi connectivity index (χ1) is 12.5. The molecule has 1 saturated heterocycles. The summed E-state index contributed by atoms with van der Waals surface area (Å²) in [6, 6.07) is 11.6. The summed E-state index contributed by atoms with van der Waals surface area (Å²) in [6.07, 6.45) is 0. The number of nitrogens with one attached hydrogen (secondary N) is 1. The summed E-state index contributed by atoms with van der Waals surface area (Å²) in [5.41, 5.74) is 1.72. The van der Waals surface area contributed by atoms with E-state index in [9.17, 15) is 9.59 Å². The van der Waals surface area contributed by atoms with Crippen LogP contribution < -0.4 is 5.32 Å². The number of benzene rings is 1. The van der Waals surface area contributed by atoms with Crippen molar-refractivity contribution in [3.63, 3.8) is 0 Å². The van der Waals surface area contributed by atoms with Gasteiger partial charge in [0.2, 0.25) is 5.91 Å². The fourth-order valence-electron chi connectivity index (χ4n) is 3.18. The van der Waals surface area contributed by atoms with Crippen LogP contribution in [0.2, 0.25) is 0 Å². The normalized spacial score (nSPS) is 15.1. The molecule has 1 N–H and O–H groups in total. The molecule has 1 aromatic heterocycles. The Labute approximate surface area is 153 Å². The third kappa shape index (κ3) is 4.52. The zero-order chi connectivity index (χ0) is 18.5. The molecule has 26 heavy (non-hydrogen) atoms. The Kier molecular flexibility index (Phi) is 5.73. The van der Waals surface area contributed by atoms with Gasteiger partial charge in [0.15, 0.2) is 0 Å². The highest BCUT2D eigenvalue weighted by Crippen LogP contribution is 2.17. The minimum Gasteiger partial charge on any atom is -0.466 e. The molecule has 2 aromatic rings. The van der Waals surface area contributed by atoms with Gasteiger partial charge in [-0.25, -0.2) is 0 Å². The highest BCUT2D eigenvalue weighted by atomic mass is 16.3. The van der Waals surface area contributed by atoms with Crippen LogP contribution in [0.3, 0.4) is 0 Å². The average molecular weight is 355 g/mol. The predicted molar refractivity (Wildman–Crippen MR) is 98.8 cm³/mol. The van der Waals surface area contributed by atoms with Crippen LogP contribution in [0.25, 0.3) is 0 Å². The van der Waals surface area contributed by atoms with E-state index in [2.05, 4.69) is 10.2 Å². The predicted octanol–water partition coefficient (Wildman–Crippen LogP) is 1.97. The van der Waals surface area contributed by atoms with Gasteiger partial charge in [-0.05, 0) is 25.5 Å². The standard InChI is InChI=1S/C20H25N3O3/c1-15-12-18(16(2)26-15)20(25)23-10-8-22(9-11-23)14-19(24)21-13-17-6-4-3-5-7-17/h3-7,12H,8-11,13-14H2,1-2H3,(H,21,24). The molecule has 0 saturated carbocycles. The molecule has 6 nitrogen and oxygen atoms in total. The molecule has 6 heteroatoms. The zero-order valence-corrected chi connectivity index (χ0v) is 15.3. The number of piperazine rings is 1. The number of nitrogens with zero attached hydrogens (tertiary/aromatic N) is 2. The van der Waals surface area contributed by atoms with Gasteiger partial charge in [0.1, 0.15) is 11.5 Å². The summed E-state index contributed by atoms with van der Waals surface area (Å²) in [5.74, 6) is 1.43. The zero-order valence-electron chi connectivity index (χ0n) is 15.3. The number of rotatable bonds is 5. The van der Waals surface area contributed by atoms with E-state index >= 15 is 0 Å². The Morgan fingerprint density at radius 2 is 1.77 bits per heavy atom. The van der Waals surface area contributed by atoms with Crippen molar-refractivity contribution >= 4 is 11.8 Å². The minimum atomic E-state index is 0.00697. The third-order valence-electron chi connectivity index (χ3n) is 4.63. The Bertz CT molecular complexity index is 762. The van der Waals surface area contributed by atoms with Crippen LogP contribution in [0, 0.1) is 13.8 Å². The summed E-state index contributed by atoms with van der Waals surface area (Å²) in [4.78, 5) is 28.6. The molecule has 2 amide bonds. The maximum atomic E-state index is 12.6. The van der Waals surface area contributed by atoms with Gasteiger partial charge in [-0.1, -0.05) is 30.3 Å². The fourth-order valence-corrected chi connectivity index (χ4v) is 3.18. The molecular formula is C20H25N3O3. The van der Waals surface area contributed by atoms with Crippen molar-refractivity contribution in [1.82, 2.24) is 15.1 Å². The molecule has 1 aliphatic rings. The maximum Gasteiger partial charge on any atom is 0.257 e. The van der Waals surface area contributed by atoms with E-state index in [-0.39, 0.29) is 11.8 Å². The Hall–Kier alpha value is -2.60. The van der Waals surface area contributed by atoms with Crippen molar-refractivity contribution in [2.24, 2.45) is 0 Å². The molecule has 1 aliphatic heterocycles. The second-order valence-electron chi connectivity index (χ2n) is 6.66. The SMILES string of the molecule is Cc1cc(C(=O)N2CCN(CC(=O)NCc3ccccc3)CC2)c(C)o1. The van der Waals surface area contributed by atoms with Crippen molar-refractivity contribution in [3.05, 3.63) is 59.0 Å². The number of furan rings is 1. The molecule has 1 aromatic carbocycles. The van der Waals surface area contributed by atoms with Crippen molar-refractivity contribution in [2.45, 2.75) is 20.4 Å². The maximum absolute atomic E-state index is 12.6. The van der Waals surface area contributed by atoms with Gasteiger partial charge in [0, 0.05) is 32.7 Å². The van der Waals surface area contributed by atoms with E-state index in [1.54, 1.807) is 6.07 Å². The number of hydrogen-bond acceptors (Lipinski definition) is 4. The molecule has 0 bridgehead atoms. The lowest BCUT2D eigenvalue weighted by atomic mass is 10.2. The second-order valence-corrected chi connectivity index (χ2v) is 6.66. The first kappa shape index (κ1) is 18.2. The number of hydrogen-bond donors (Lipinski definition) is 1. The number of carbonyl (C=O) groups excluding carboxylic acids is 2. The van der Waals surface area contributed by atoms with Crippen LogP contribution in [0.1, 0.15) is 27.4 Å². The van der Waals surface area contributed by atoms with Gasteiger partial charge >= 0.3 is 0 Å². The summed E-state index contributed by atoms with van der Waals surface area (Å²) in [6.45, 7) is 7.18. The molecule has 0 atom stereocenters. The lowest BCUT2D eigenvalue weighted by Gasteiger charge is -2.34. The van der Waals surface area contributed by atoms with E-state index < -0.39 is 0 Å². The number of aryl methyl sites for hydroxylation is 2. The lowest BCUT2D eigenvalue weighted by Crippen LogP contribution is -2.51. The first-order valence-electron chi connectivity index (χ1n) is 8.92. The van der Waals surface area contributed by atoms with E-state index in [0.29, 0.717) is 50.6 Å². The molecular weight excluding hydrogens is 330 g/mol. The molecule has 0 unspecified atom stereocenters. The summed E-state index contributed by atoms with van der Waals surface area (Å²) in [5, 5.41) is 2.94. The molecule has 0 radical (unpaired) electrons. The quantitative estimate of drug-likeness (QED) is 0.891. The van der Waals surface area contributed by atoms with Crippen molar-refractivity contribution in [1.29, 1.82) is 0 Å². The molecule has 2 heterocycles. The molecule has 1 fully saturated rings. The number of carbonyl (C=O) groups is 2. The van der Waals surface area contributed by atoms with Crippen LogP contribution in [0.15, 0.2) is 40.8 Å². The van der Waals surface area contributed by atoms with E-state index in [4.69, 9.17) is 4.42 Å². The largest absolute Gasteiger partial charge is 0.466 e. The van der Waals surface area contributed by atoms with Crippen LogP contribution >= 0.6 is 0 Å². The van der Waals surface area contributed by atoms with Crippen LogP contribution in [0.5, 0.6) is 0 Å². The van der Waals surface area contributed by atoms with Crippen molar-refractivity contribution < 1.29 is 14.0 Å².